The molecule has 1 unspecified atom stereocenters. The molecular formula is C26H28Cl2F5N5O2. The molecule has 0 aliphatic carbocycles. The van der Waals surface area contributed by atoms with Crippen molar-refractivity contribution in [2.24, 2.45) is 5.73 Å². The number of piperazine rings is 1. The van der Waals surface area contributed by atoms with Crippen molar-refractivity contribution in [3.05, 3.63) is 57.1 Å². The van der Waals surface area contributed by atoms with Gasteiger partial charge in [-0.15, -0.1) is 0 Å². The van der Waals surface area contributed by atoms with E-state index in [1.807, 2.05) is 4.90 Å². The summed E-state index contributed by atoms with van der Waals surface area (Å²) in [7, 11) is 0. The summed E-state index contributed by atoms with van der Waals surface area (Å²) in [6.45, 7) is 1.73. The highest BCUT2D eigenvalue weighted by Crippen LogP contribution is 2.36. The van der Waals surface area contributed by atoms with Gasteiger partial charge >= 0.3 is 6.18 Å². The molecule has 2 fully saturated rings. The van der Waals surface area contributed by atoms with Gasteiger partial charge in [-0.1, -0.05) is 29.3 Å². The van der Waals surface area contributed by atoms with Crippen LogP contribution in [-0.2, 0) is 11.3 Å². The molecule has 2 heterocycles. The zero-order chi connectivity index (χ0) is 29.2. The molecule has 0 bridgehead atoms. The Hall–Kier alpha value is -2.67. The number of amides is 2. The first-order chi connectivity index (χ1) is 18.8. The molecule has 40 heavy (non-hydrogen) atoms. The Morgan fingerprint density at radius 1 is 1.00 bits per heavy atom. The molecule has 7 nitrogen and oxygen atoms in total. The molecule has 218 valence electrons. The van der Waals surface area contributed by atoms with Gasteiger partial charge < -0.3 is 16.0 Å². The van der Waals surface area contributed by atoms with E-state index in [0.717, 1.165) is 6.07 Å². The monoisotopic (exact) mass is 607 g/mol. The van der Waals surface area contributed by atoms with Crippen molar-refractivity contribution in [2.75, 3.05) is 49.5 Å². The van der Waals surface area contributed by atoms with Gasteiger partial charge in [-0.25, -0.2) is 8.78 Å². The van der Waals surface area contributed by atoms with E-state index in [1.165, 1.54) is 18.2 Å². The smallest absolute Gasteiger partial charge is 0.368 e. The van der Waals surface area contributed by atoms with Crippen LogP contribution in [0.5, 0.6) is 0 Å². The van der Waals surface area contributed by atoms with Crippen LogP contribution in [0, 0.1) is 11.6 Å². The molecule has 0 spiro atoms. The quantitative estimate of drug-likeness (QED) is 0.411. The summed E-state index contributed by atoms with van der Waals surface area (Å²) in [6, 6.07) is 4.78. The summed E-state index contributed by atoms with van der Waals surface area (Å²) in [4.78, 5) is 29.9. The van der Waals surface area contributed by atoms with Crippen molar-refractivity contribution < 1.29 is 31.5 Å². The number of carbonyl (C=O) groups is 2. The molecule has 1 atom stereocenters. The Morgan fingerprint density at radius 2 is 1.68 bits per heavy atom. The Morgan fingerprint density at radius 3 is 2.33 bits per heavy atom. The molecule has 0 aromatic heterocycles. The van der Waals surface area contributed by atoms with Crippen molar-refractivity contribution in [1.82, 2.24) is 9.80 Å². The van der Waals surface area contributed by atoms with Gasteiger partial charge in [-0.05, 0) is 37.6 Å². The fraction of sp³-hybridized carbons (Fsp3) is 0.462. The number of alkyl halides is 3. The lowest BCUT2D eigenvalue weighted by Crippen LogP contribution is -2.47. The van der Waals surface area contributed by atoms with Gasteiger partial charge in [0.15, 0.2) is 11.6 Å². The number of rotatable bonds is 8. The van der Waals surface area contributed by atoms with Crippen LogP contribution >= 0.6 is 23.2 Å². The second-order valence-corrected chi connectivity index (χ2v) is 10.7. The molecular weight excluding hydrogens is 580 g/mol. The lowest BCUT2D eigenvalue weighted by Gasteiger charge is -2.37. The Balaban J connectivity index is 1.49. The van der Waals surface area contributed by atoms with Crippen molar-refractivity contribution in [1.29, 1.82) is 0 Å². The van der Waals surface area contributed by atoms with Crippen LogP contribution in [0.4, 0.5) is 33.3 Å². The average molecular weight is 608 g/mol. The van der Waals surface area contributed by atoms with E-state index in [-0.39, 0.29) is 34.4 Å². The summed E-state index contributed by atoms with van der Waals surface area (Å²) in [5.74, 6) is -4.01. The highest BCUT2D eigenvalue weighted by Gasteiger charge is 2.31. The minimum absolute atomic E-state index is 0.0131. The lowest BCUT2D eigenvalue weighted by molar-refractivity contribution is -0.138. The van der Waals surface area contributed by atoms with Crippen molar-refractivity contribution in [2.45, 2.75) is 38.0 Å². The maximum Gasteiger partial charge on any atom is 0.390 e. The second-order valence-electron chi connectivity index (χ2n) is 9.86. The highest BCUT2D eigenvalue weighted by molar-refractivity contribution is 6.42. The third-order valence-electron chi connectivity index (χ3n) is 7.18. The van der Waals surface area contributed by atoms with Gasteiger partial charge in [0.2, 0.25) is 5.91 Å². The molecule has 4 rings (SSSR count). The molecule has 2 amide bonds. The van der Waals surface area contributed by atoms with Crippen LogP contribution in [0.3, 0.4) is 0 Å². The Kier molecular flexibility index (Phi) is 9.44. The topological polar surface area (TPSA) is 81.9 Å². The van der Waals surface area contributed by atoms with Crippen molar-refractivity contribution >= 4 is 46.4 Å². The van der Waals surface area contributed by atoms with Crippen LogP contribution in [0.25, 0.3) is 0 Å². The molecule has 2 aromatic carbocycles. The zero-order valence-corrected chi connectivity index (χ0v) is 22.9. The van der Waals surface area contributed by atoms with Crippen molar-refractivity contribution in [3.63, 3.8) is 0 Å². The number of likely N-dealkylation sites (tertiary alicyclic amines) is 1. The summed E-state index contributed by atoms with van der Waals surface area (Å²) in [5, 5.41) is 2.87. The van der Waals surface area contributed by atoms with Crippen LogP contribution in [0.2, 0.25) is 10.0 Å². The summed E-state index contributed by atoms with van der Waals surface area (Å²) in [5.41, 5.74) is 5.49. The van der Waals surface area contributed by atoms with Crippen LogP contribution in [-0.4, -0.2) is 73.1 Å². The second kappa shape index (κ2) is 12.5. The number of benzene rings is 2. The SMILES string of the molecule is NC(=O)C1CCCN1Cc1ccc(C(=O)Nc2cc(Cl)c(Cl)cc2N2CCN(CCC(F)(F)F)CC2)c(F)c1F. The average Bonchev–Trinajstić information content (AvgIpc) is 3.36. The molecule has 2 saturated heterocycles. The van der Waals surface area contributed by atoms with Gasteiger partial charge in [-0.3, -0.25) is 19.4 Å². The van der Waals surface area contributed by atoms with E-state index >= 15 is 4.39 Å². The van der Waals surface area contributed by atoms with Crippen molar-refractivity contribution in [3.8, 4) is 0 Å². The van der Waals surface area contributed by atoms with E-state index in [4.69, 9.17) is 28.9 Å². The molecule has 14 heteroatoms. The van der Waals surface area contributed by atoms with E-state index in [9.17, 15) is 27.2 Å². The van der Waals surface area contributed by atoms with Gasteiger partial charge in [-0.2, -0.15) is 13.2 Å². The Labute approximate surface area is 238 Å². The number of primary amides is 1. The summed E-state index contributed by atoms with van der Waals surface area (Å²) < 4.78 is 67.8. The van der Waals surface area contributed by atoms with Gasteiger partial charge in [0.25, 0.3) is 5.91 Å². The van der Waals surface area contributed by atoms with Crippen LogP contribution in [0.15, 0.2) is 24.3 Å². The van der Waals surface area contributed by atoms with E-state index in [1.54, 1.807) is 9.80 Å². The number of halogens is 7. The largest absolute Gasteiger partial charge is 0.390 e. The third kappa shape index (κ3) is 7.15. The predicted molar refractivity (Wildman–Crippen MR) is 143 cm³/mol. The molecule has 3 N–H and O–H groups in total. The standard InChI is InChI=1S/C26H28Cl2F5N5O2/c27-17-12-19(21(13-18(17)28)37-10-8-36(9-11-37)7-5-26(31,32)33)35-25(40)16-4-3-15(22(29)23(16)30)14-38-6-1-2-20(38)24(34)39/h3-4,12-13,20H,1-2,5-11,14H2,(H2,34,39)(H,35,40). The third-order valence-corrected chi connectivity index (χ3v) is 7.91. The summed E-state index contributed by atoms with van der Waals surface area (Å²) in [6.07, 6.45) is -3.92. The van der Waals surface area contributed by atoms with E-state index in [2.05, 4.69) is 5.32 Å². The minimum atomic E-state index is -4.24. The predicted octanol–water partition coefficient (Wildman–Crippen LogP) is 5.05. The molecule has 0 radical (unpaired) electrons. The number of carbonyl (C=O) groups excluding carboxylic acids is 2. The first kappa shape index (κ1) is 30.3. The number of nitrogens with zero attached hydrogens (tertiary/aromatic N) is 3. The molecule has 2 aliphatic heterocycles. The highest BCUT2D eigenvalue weighted by atomic mass is 35.5. The van der Waals surface area contributed by atoms with E-state index in [0.29, 0.717) is 51.3 Å². The molecule has 2 aromatic rings. The van der Waals surface area contributed by atoms with Gasteiger partial charge in [0, 0.05) is 44.8 Å². The molecule has 2 aliphatic rings. The Bertz CT molecular complexity index is 1270. The number of nitrogens with one attached hydrogen (secondary N) is 1. The van der Waals surface area contributed by atoms with Crippen LogP contribution < -0.4 is 16.0 Å². The van der Waals surface area contributed by atoms with Gasteiger partial charge in [0.05, 0.1) is 39.4 Å². The fourth-order valence-electron chi connectivity index (χ4n) is 5.03. The first-order valence-electron chi connectivity index (χ1n) is 12.7. The van der Waals surface area contributed by atoms with Gasteiger partial charge in [0.1, 0.15) is 0 Å². The number of nitrogens with two attached hydrogens (primary N) is 1. The fourth-order valence-corrected chi connectivity index (χ4v) is 5.35. The zero-order valence-electron chi connectivity index (χ0n) is 21.3. The minimum Gasteiger partial charge on any atom is -0.368 e. The number of hydrogen-bond acceptors (Lipinski definition) is 5. The number of anilines is 2. The number of hydrogen-bond donors (Lipinski definition) is 2. The summed E-state index contributed by atoms with van der Waals surface area (Å²) >= 11 is 12.4. The van der Waals surface area contributed by atoms with E-state index < -0.39 is 47.7 Å². The first-order valence-corrected chi connectivity index (χ1v) is 13.4. The lowest BCUT2D eigenvalue weighted by atomic mass is 10.1. The van der Waals surface area contributed by atoms with Crippen LogP contribution in [0.1, 0.15) is 35.2 Å². The maximum absolute atomic E-state index is 15.1. The maximum atomic E-state index is 15.1. The molecule has 0 saturated carbocycles. The normalized spacial score (nSPS) is 18.8.